The molecule has 0 aliphatic rings. The predicted octanol–water partition coefficient (Wildman–Crippen LogP) is 0.387. The van der Waals surface area contributed by atoms with Crippen LogP contribution < -0.4 is 5.32 Å². The smallest absolute Gasteiger partial charge is 0.252 e. The molecule has 0 spiro atoms. The van der Waals surface area contributed by atoms with Gasteiger partial charge >= 0.3 is 0 Å². The van der Waals surface area contributed by atoms with Crippen molar-refractivity contribution >= 4 is 5.91 Å². The minimum atomic E-state index is -0.243. The molecule has 6 heteroatoms. The first-order valence-corrected chi connectivity index (χ1v) is 6.03. The van der Waals surface area contributed by atoms with Gasteiger partial charge in [0, 0.05) is 5.56 Å². The van der Waals surface area contributed by atoms with Crippen LogP contribution >= 0.6 is 0 Å². The summed E-state index contributed by atoms with van der Waals surface area (Å²) in [4.78, 5) is 16.1. The Labute approximate surface area is 116 Å². The minimum Gasteiger partial charge on any atom is -0.384 e. The van der Waals surface area contributed by atoms with Crippen molar-refractivity contribution < 1.29 is 9.90 Å². The number of amides is 1. The number of aliphatic hydroxyl groups is 1. The average Bonchev–Trinajstić information content (AvgIpc) is 2.96. The van der Waals surface area contributed by atoms with E-state index in [-0.39, 0.29) is 19.1 Å². The highest BCUT2D eigenvalue weighted by atomic mass is 16.2. The van der Waals surface area contributed by atoms with Gasteiger partial charge in [-0.05, 0) is 19.1 Å². The van der Waals surface area contributed by atoms with Crippen molar-refractivity contribution in [1.29, 1.82) is 0 Å². The third-order valence-electron chi connectivity index (χ3n) is 2.60. The molecule has 102 valence electrons. The zero-order valence-electron chi connectivity index (χ0n) is 11.0. The number of benzene rings is 1. The van der Waals surface area contributed by atoms with Crippen molar-refractivity contribution in [1.82, 2.24) is 20.5 Å². The van der Waals surface area contributed by atoms with Gasteiger partial charge in [0.25, 0.3) is 5.91 Å². The summed E-state index contributed by atoms with van der Waals surface area (Å²) < 4.78 is 0. The van der Waals surface area contributed by atoms with E-state index < -0.39 is 0 Å². The molecule has 2 aromatic rings. The van der Waals surface area contributed by atoms with Crippen LogP contribution in [-0.2, 0) is 6.54 Å². The number of nitrogens with one attached hydrogen (secondary N) is 2. The molecule has 0 fully saturated rings. The number of nitrogens with zero attached hydrogens (tertiary/aromatic N) is 2. The van der Waals surface area contributed by atoms with Gasteiger partial charge in [0.2, 0.25) is 0 Å². The third-order valence-corrected chi connectivity index (χ3v) is 2.60. The van der Waals surface area contributed by atoms with E-state index in [0.29, 0.717) is 17.0 Å². The molecular formula is C14H14N4O2. The van der Waals surface area contributed by atoms with E-state index in [4.69, 9.17) is 5.11 Å². The number of hydrogen-bond donors (Lipinski definition) is 3. The first kappa shape index (κ1) is 13.8. The maximum absolute atomic E-state index is 12.2. The summed E-state index contributed by atoms with van der Waals surface area (Å²) in [7, 11) is 0. The molecule has 0 saturated heterocycles. The van der Waals surface area contributed by atoms with Crippen molar-refractivity contribution in [3.8, 4) is 11.8 Å². The van der Waals surface area contributed by atoms with Gasteiger partial charge < -0.3 is 10.4 Å². The Balaban J connectivity index is 2.17. The van der Waals surface area contributed by atoms with Crippen LogP contribution in [-0.4, -0.2) is 32.8 Å². The Bertz CT molecular complexity index is 654. The lowest BCUT2D eigenvalue weighted by molar-refractivity contribution is 0.0949. The number of aliphatic hydroxyl groups excluding tert-OH is 1. The highest BCUT2D eigenvalue weighted by Crippen LogP contribution is 2.11. The predicted molar refractivity (Wildman–Crippen MR) is 72.7 cm³/mol. The first-order chi connectivity index (χ1) is 9.70. The van der Waals surface area contributed by atoms with Gasteiger partial charge in [-0.15, -0.1) is 0 Å². The quantitative estimate of drug-likeness (QED) is 0.703. The molecule has 2 rings (SSSR count). The number of carbonyl (C=O) groups excluding carboxylic acids is 1. The number of carbonyl (C=O) groups is 1. The molecule has 6 nitrogen and oxygen atoms in total. The summed E-state index contributed by atoms with van der Waals surface area (Å²) >= 11 is 0. The molecule has 1 aromatic heterocycles. The summed E-state index contributed by atoms with van der Waals surface area (Å²) in [6, 6.07) is 5.40. The molecule has 1 heterocycles. The van der Waals surface area contributed by atoms with Gasteiger partial charge in [-0.25, -0.2) is 4.98 Å². The molecule has 0 aliphatic carbocycles. The van der Waals surface area contributed by atoms with E-state index >= 15 is 0 Å². The summed E-state index contributed by atoms with van der Waals surface area (Å²) in [5, 5.41) is 17.9. The molecule has 0 atom stereocenters. The normalized spacial score (nSPS) is 9.70. The van der Waals surface area contributed by atoms with Crippen molar-refractivity contribution in [3.05, 3.63) is 47.0 Å². The number of rotatable bonds is 3. The first-order valence-electron chi connectivity index (χ1n) is 6.03. The lowest BCUT2D eigenvalue weighted by Gasteiger charge is -2.06. The fourth-order valence-corrected chi connectivity index (χ4v) is 1.66. The maximum Gasteiger partial charge on any atom is 0.252 e. The third kappa shape index (κ3) is 3.43. The minimum absolute atomic E-state index is 0.243. The van der Waals surface area contributed by atoms with Crippen LogP contribution in [0.1, 0.15) is 27.3 Å². The van der Waals surface area contributed by atoms with E-state index in [1.54, 1.807) is 12.1 Å². The largest absolute Gasteiger partial charge is 0.384 e. The molecule has 1 amide bonds. The van der Waals surface area contributed by atoms with Gasteiger partial charge in [-0.1, -0.05) is 23.5 Å². The highest BCUT2D eigenvalue weighted by Gasteiger charge is 2.10. The second kappa shape index (κ2) is 6.50. The number of aryl methyl sites for hydroxylation is 1. The summed E-state index contributed by atoms with van der Waals surface area (Å²) in [5.41, 5.74) is 2.02. The second-order valence-electron chi connectivity index (χ2n) is 4.12. The van der Waals surface area contributed by atoms with Crippen LogP contribution in [0.15, 0.2) is 24.5 Å². The number of aromatic nitrogens is 3. The van der Waals surface area contributed by atoms with Crippen LogP contribution in [0.2, 0.25) is 0 Å². The highest BCUT2D eigenvalue weighted by molar-refractivity contribution is 5.96. The Kier molecular flexibility index (Phi) is 4.47. The maximum atomic E-state index is 12.2. The Morgan fingerprint density at radius 1 is 1.50 bits per heavy atom. The SMILES string of the molecule is Cc1ccc(C#CCO)c(C(=O)NCc2ncn[nH]2)c1. The number of H-pyrrole nitrogens is 1. The van der Waals surface area contributed by atoms with E-state index in [9.17, 15) is 4.79 Å². The number of aromatic amines is 1. The molecule has 20 heavy (non-hydrogen) atoms. The van der Waals surface area contributed by atoms with E-state index in [1.807, 2.05) is 13.0 Å². The molecular weight excluding hydrogens is 256 g/mol. The van der Waals surface area contributed by atoms with Gasteiger partial charge in [0.1, 0.15) is 18.8 Å². The topological polar surface area (TPSA) is 90.9 Å². The standard InChI is InChI=1S/C14H14N4O2/c1-10-4-5-11(3-2-6-19)12(7-10)14(20)15-8-13-16-9-17-18-13/h4-5,7,9,19H,6,8H2,1H3,(H,15,20)(H,16,17,18). The van der Waals surface area contributed by atoms with Crippen LogP contribution in [0.5, 0.6) is 0 Å². The Morgan fingerprint density at radius 3 is 3.05 bits per heavy atom. The lowest BCUT2D eigenvalue weighted by Crippen LogP contribution is -2.24. The van der Waals surface area contributed by atoms with Crippen molar-refractivity contribution in [2.45, 2.75) is 13.5 Å². The van der Waals surface area contributed by atoms with Crippen molar-refractivity contribution in [2.75, 3.05) is 6.61 Å². The zero-order chi connectivity index (χ0) is 14.4. The molecule has 1 aromatic carbocycles. The van der Waals surface area contributed by atoms with E-state index in [1.165, 1.54) is 6.33 Å². The van der Waals surface area contributed by atoms with Crippen molar-refractivity contribution in [2.24, 2.45) is 0 Å². The summed E-state index contributed by atoms with van der Waals surface area (Å²) in [5.74, 6) is 5.65. The van der Waals surface area contributed by atoms with Gasteiger partial charge in [0.05, 0.1) is 12.1 Å². The molecule has 0 unspecified atom stereocenters. The fourth-order valence-electron chi connectivity index (χ4n) is 1.66. The van der Waals surface area contributed by atoms with E-state index in [2.05, 4.69) is 32.3 Å². The molecule has 3 N–H and O–H groups in total. The second-order valence-corrected chi connectivity index (χ2v) is 4.12. The zero-order valence-corrected chi connectivity index (χ0v) is 11.0. The van der Waals surface area contributed by atoms with Crippen LogP contribution in [0, 0.1) is 18.8 Å². The molecule has 0 aliphatic heterocycles. The van der Waals surface area contributed by atoms with Crippen LogP contribution in [0.3, 0.4) is 0 Å². The van der Waals surface area contributed by atoms with Gasteiger partial charge in [-0.2, -0.15) is 5.10 Å². The fraction of sp³-hybridized carbons (Fsp3) is 0.214. The Hall–Kier alpha value is -2.65. The summed E-state index contributed by atoms with van der Waals surface area (Å²) in [6.45, 7) is 1.92. The molecule has 0 radical (unpaired) electrons. The summed E-state index contributed by atoms with van der Waals surface area (Å²) in [6.07, 6.45) is 1.38. The van der Waals surface area contributed by atoms with Crippen molar-refractivity contribution in [3.63, 3.8) is 0 Å². The van der Waals surface area contributed by atoms with Gasteiger partial charge in [-0.3, -0.25) is 9.89 Å². The van der Waals surface area contributed by atoms with Gasteiger partial charge in [0.15, 0.2) is 0 Å². The van der Waals surface area contributed by atoms with Crippen LogP contribution in [0.4, 0.5) is 0 Å². The monoisotopic (exact) mass is 270 g/mol. The van der Waals surface area contributed by atoms with E-state index in [0.717, 1.165) is 5.56 Å². The van der Waals surface area contributed by atoms with Crippen LogP contribution in [0.25, 0.3) is 0 Å². The number of hydrogen-bond acceptors (Lipinski definition) is 4. The molecule has 0 bridgehead atoms. The Morgan fingerprint density at radius 2 is 2.35 bits per heavy atom. The average molecular weight is 270 g/mol. The lowest BCUT2D eigenvalue weighted by atomic mass is 10.0. The molecule has 0 saturated carbocycles.